The lowest BCUT2D eigenvalue weighted by atomic mass is 10.0. The van der Waals surface area contributed by atoms with E-state index in [-0.39, 0.29) is 17.9 Å². The van der Waals surface area contributed by atoms with Crippen LogP contribution in [0, 0.1) is 5.92 Å². The van der Waals surface area contributed by atoms with Gasteiger partial charge in [0.05, 0.1) is 27.7 Å². The largest absolute Gasteiger partial charge is 0.342 e. The van der Waals surface area contributed by atoms with E-state index in [0.717, 1.165) is 16.9 Å². The molecule has 0 aliphatic heterocycles. The highest BCUT2D eigenvalue weighted by molar-refractivity contribution is 6.33. The molecule has 0 bridgehead atoms. The zero-order valence-electron chi connectivity index (χ0n) is 13.0. The Morgan fingerprint density at radius 2 is 1.83 bits per heavy atom. The summed E-state index contributed by atoms with van der Waals surface area (Å²) in [7, 11) is 0. The molecule has 1 heterocycles. The minimum atomic E-state index is -0.217. The summed E-state index contributed by atoms with van der Waals surface area (Å²) in [6.45, 7) is 4.09. The summed E-state index contributed by atoms with van der Waals surface area (Å²) in [5, 5.41) is 3.48. The number of H-pyrrole nitrogens is 1. The van der Waals surface area contributed by atoms with Crippen molar-refractivity contribution >= 4 is 28.5 Å². The molecule has 0 saturated carbocycles. The summed E-state index contributed by atoms with van der Waals surface area (Å²) < 4.78 is 0. The molecule has 4 nitrogen and oxygen atoms in total. The maximum Gasteiger partial charge on any atom is 0.253 e. The van der Waals surface area contributed by atoms with Crippen molar-refractivity contribution in [1.29, 1.82) is 0 Å². The smallest absolute Gasteiger partial charge is 0.253 e. The number of hydrogen-bond acceptors (Lipinski definition) is 2. The molecule has 0 aliphatic carbocycles. The third-order valence-electron chi connectivity index (χ3n) is 3.77. The molecule has 0 unspecified atom stereocenters. The maximum atomic E-state index is 12.5. The number of amides is 1. The third kappa shape index (κ3) is 3.22. The number of nitrogens with zero attached hydrogens (tertiary/aromatic N) is 1. The van der Waals surface area contributed by atoms with E-state index in [4.69, 9.17) is 11.6 Å². The topological polar surface area (TPSA) is 57.8 Å². The van der Waals surface area contributed by atoms with Crippen LogP contribution in [0.25, 0.3) is 11.0 Å². The summed E-state index contributed by atoms with van der Waals surface area (Å²) in [5.74, 6) is 0.735. The molecule has 2 N–H and O–H groups in total. The standard InChI is InChI=1S/C18H18ClN3O/c1-11(2)16(17-20-14-9-5-6-10-15(14)21-17)22-18(23)12-7-3-4-8-13(12)19/h3-11,16H,1-2H3,(H,20,21)(H,22,23)/t16-/m0/s1. The number of rotatable bonds is 4. The maximum absolute atomic E-state index is 12.5. The SMILES string of the molecule is CC(C)[C@H](NC(=O)c1ccccc1Cl)c1nc2ccccc2[nH]1. The van der Waals surface area contributed by atoms with Gasteiger partial charge < -0.3 is 10.3 Å². The highest BCUT2D eigenvalue weighted by atomic mass is 35.5. The summed E-state index contributed by atoms with van der Waals surface area (Å²) in [6, 6.07) is 14.6. The molecule has 3 aromatic rings. The van der Waals surface area contributed by atoms with E-state index in [1.165, 1.54) is 0 Å². The number of aromatic amines is 1. The monoisotopic (exact) mass is 327 g/mol. The second-order valence-corrected chi connectivity index (χ2v) is 6.22. The van der Waals surface area contributed by atoms with Gasteiger partial charge in [0.15, 0.2) is 0 Å². The van der Waals surface area contributed by atoms with Crippen LogP contribution in [-0.2, 0) is 0 Å². The number of carbonyl (C=O) groups excluding carboxylic acids is 1. The van der Waals surface area contributed by atoms with Crippen LogP contribution in [-0.4, -0.2) is 15.9 Å². The van der Waals surface area contributed by atoms with Gasteiger partial charge in [-0.2, -0.15) is 0 Å². The molecule has 0 fully saturated rings. The number of benzene rings is 2. The number of para-hydroxylation sites is 2. The normalized spacial score (nSPS) is 12.5. The number of aromatic nitrogens is 2. The highest BCUT2D eigenvalue weighted by Crippen LogP contribution is 2.23. The molecule has 1 aromatic heterocycles. The van der Waals surface area contributed by atoms with Crippen LogP contribution in [0.3, 0.4) is 0 Å². The first-order valence-electron chi connectivity index (χ1n) is 7.56. The van der Waals surface area contributed by atoms with Crippen molar-refractivity contribution in [3.63, 3.8) is 0 Å². The summed E-state index contributed by atoms with van der Waals surface area (Å²) in [4.78, 5) is 20.4. The van der Waals surface area contributed by atoms with Gasteiger partial charge in [0, 0.05) is 0 Å². The Morgan fingerprint density at radius 3 is 2.52 bits per heavy atom. The average Bonchev–Trinajstić information content (AvgIpc) is 2.96. The van der Waals surface area contributed by atoms with Crippen molar-refractivity contribution in [3.8, 4) is 0 Å². The Hall–Kier alpha value is -2.33. The van der Waals surface area contributed by atoms with Crippen molar-refractivity contribution in [3.05, 3.63) is 64.9 Å². The van der Waals surface area contributed by atoms with Crippen LogP contribution < -0.4 is 5.32 Å². The highest BCUT2D eigenvalue weighted by Gasteiger charge is 2.23. The summed E-state index contributed by atoms with van der Waals surface area (Å²) in [5.41, 5.74) is 2.32. The Balaban J connectivity index is 1.90. The molecule has 118 valence electrons. The molecule has 0 radical (unpaired) electrons. The van der Waals surface area contributed by atoms with Gasteiger partial charge in [-0.3, -0.25) is 4.79 Å². The van der Waals surface area contributed by atoms with Crippen LogP contribution in [0.4, 0.5) is 0 Å². The molecule has 1 amide bonds. The summed E-state index contributed by atoms with van der Waals surface area (Å²) >= 11 is 6.11. The van der Waals surface area contributed by atoms with Crippen molar-refractivity contribution in [2.75, 3.05) is 0 Å². The van der Waals surface area contributed by atoms with Crippen molar-refractivity contribution in [1.82, 2.24) is 15.3 Å². The fourth-order valence-corrected chi connectivity index (χ4v) is 2.76. The van der Waals surface area contributed by atoms with Crippen LogP contribution in [0.1, 0.15) is 36.1 Å². The molecule has 23 heavy (non-hydrogen) atoms. The molecule has 0 spiro atoms. The number of imidazole rings is 1. The molecule has 3 rings (SSSR count). The fraction of sp³-hybridized carbons (Fsp3) is 0.222. The minimum Gasteiger partial charge on any atom is -0.342 e. The van der Waals surface area contributed by atoms with Crippen molar-refractivity contribution < 1.29 is 4.79 Å². The van der Waals surface area contributed by atoms with E-state index in [0.29, 0.717) is 10.6 Å². The number of carbonyl (C=O) groups is 1. The molecular formula is C18H18ClN3O. The van der Waals surface area contributed by atoms with Gasteiger partial charge in [-0.15, -0.1) is 0 Å². The van der Waals surface area contributed by atoms with Crippen LogP contribution >= 0.6 is 11.6 Å². The average molecular weight is 328 g/mol. The first kappa shape index (κ1) is 15.6. The van der Waals surface area contributed by atoms with Gasteiger partial charge in [0.1, 0.15) is 5.82 Å². The van der Waals surface area contributed by atoms with E-state index in [1.807, 2.05) is 38.1 Å². The Kier molecular flexibility index (Phi) is 4.35. The second-order valence-electron chi connectivity index (χ2n) is 5.81. The van der Waals surface area contributed by atoms with E-state index < -0.39 is 0 Å². The lowest BCUT2D eigenvalue weighted by molar-refractivity contribution is 0.0923. The Morgan fingerprint density at radius 1 is 1.13 bits per heavy atom. The van der Waals surface area contributed by atoms with Gasteiger partial charge in [-0.25, -0.2) is 4.98 Å². The van der Waals surface area contributed by atoms with E-state index >= 15 is 0 Å². The quantitative estimate of drug-likeness (QED) is 0.748. The Labute approximate surface area is 139 Å². The molecule has 2 aromatic carbocycles. The molecule has 0 aliphatic rings. The molecular weight excluding hydrogens is 310 g/mol. The predicted molar refractivity (Wildman–Crippen MR) is 92.6 cm³/mol. The van der Waals surface area contributed by atoms with E-state index in [1.54, 1.807) is 24.3 Å². The zero-order chi connectivity index (χ0) is 16.4. The number of nitrogens with one attached hydrogen (secondary N) is 2. The van der Waals surface area contributed by atoms with Gasteiger partial charge in [0.2, 0.25) is 0 Å². The molecule has 0 saturated heterocycles. The van der Waals surface area contributed by atoms with Gasteiger partial charge >= 0.3 is 0 Å². The van der Waals surface area contributed by atoms with Crippen LogP contribution in [0.2, 0.25) is 5.02 Å². The number of fused-ring (bicyclic) bond motifs is 1. The lowest BCUT2D eigenvalue weighted by Crippen LogP contribution is -2.32. The molecule has 5 heteroatoms. The van der Waals surface area contributed by atoms with Crippen molar-refractivity contribution in [2.24, 2.45) is 5.92 Å². The second kappa shape index (κ2) is 6.42. The number of hydrogen-bond donors (Lipinski definition) is 2. The first-order chi connectivity index (χ1) is 11.1. The van der Waals surface area contributed by atoms with Crippen molar-refractivity contribution in [2.45, 2.75) is 19.9 Å². The number of halogens is 1. The fourth-order valence-electron chi connectivity index (χ4n) is 2.53. The van der Waals surface area contributed by atoms with Gasteiger partial charge in [0.25, 0.3) is 5.91 Å². The zero-order valence-corrected chi connectivity index (χ0v) is 13.8. The lowest BCUT2D eigenvalue weighted by Gasteiger charge is -2.20. The molecule has 1 atom stereocenters. The van der Waals surface area contributed by atoms with E-state index in [9.17, 15) is 4.79 Å². The first-order valence-corrected chi connectivity index (χ1v) is 7.94. The summed E-state index contributed by atoms with van der Waals surface area (Å²) in [6.07, 6.45) is 0. The minimum absolute atomic E-state index is 0.182. The Bertz CT molecular complexity index is 808. The predicted octanol–water partition coefficient (Wildman–Crippen LogP) is 4.34. The van der Waals surface area contributed by atoms with Crippen LogP contribution in [0.5, 0.6) is 0 Å². The van der Waals surface area contributed by atoms with Gasteiger partial charge in [-0.1, -0.05) is 49.7 Å². The van der Waals surface area contributed by atoms with E-state index in [2.05, 4.69) is 15.3 Å². The van der Waals surface area contributed by atoms with Gasteiger partial charge in [-0.05, 0) is 30.2 Å². The third-order valence-corrected chi connectivity index (χ3v) is 4.10. The van der Waals surface area contributed by atoms with Crippen LogP contribution in [0.15, 0.2) is 48.5 Å².